The van der Waals surface area contributed by atoms with Crippen LogP contribution in [0.15, 0.2) is 36.9 Å². The summed E-state index contributed by atoms with van der Waals surface area (Å²) >= 11 is 0. The second-order valence-corrected chi connectivity index (χ2v) is 5.06. The van der Waals surface area contributed by atoms with Crippen LogP contribution in [0.3, 0.4) is 0 Å². The van der Waals surface area contributed by atoms with Crippen LogP contribution in [-0.2, 0) is 0 Å². The Hall–Kier alpha value is -4.06. The number of halogens is 1. The minimum absolute atomic E-state index is 0.153. The van der Waals surface area contributed by atoms with E-state index in [0.29, 0.717) is 5.56 Å². The molecule has 0 aliphatic heterocycles. The van der Waals surface area contributed by atoms with E-state index < -0.39 is 23.3 Å². The lowest BCUT2D eigenvalue weighted by Crippen LogP contribution is -2.18. The maximum absolute atomic E-state index is 13.7. The lowest BCUT2D eigenvalue weighted by Gasteiger charge is -2.09. The molecule has 0 unspecified atom stereocenters. The Labute approximate surface area is 146 Å². The van der Waals surface area contributed by atoms with Gasteiger partial charge >= 0.3 is 5.97 Å². The number of carbonyl (C=O) groups excluding carboxylic acids is 1. The SMILES string of the molecule is C#Cc1cc(NC(=O)c2ncc(-c3cn[nH]c3)cn2)c(C(=O)O)cc1F. The first-order valence-corrected chi connectivity index (χ1v) is 7.15. The summed E-state index contributed by atoms with van der Waals surface area (Å²) in [6.07, 6.45) is 11.2. The summed E-state index contributed by atoms with van der Waals surface area (Å²) < 4.78 is 13.7. The third kappa shape index (κ3) is 3.25. The van der Waals surface area contributed by atoms with E-state index >= 15 is 0 Å². The van der Waals surface area contributed by atoms with Gasteiger partial charge in [-0.05, 0) is 12.1 Å². The highest BCUT2D eigenvalue weighted by Gasteiger charge is 2.18. The van der Waals surface area contributed by atoms with Crippen LogP contribution in [0.2, 0.25) is 0 Å². The summed E-state index contributed by atoms with van der Waals surface area (Å²) in [6, 6.07) is 1.81. The number of terminal acetylenes is 1. The van der Waals surface area contributed by atoms with Crippen molar-refractivity contribution in [1.29, 1.82) is 0 Å². The summed E-state index contributed by atoms with van der Waals surface area (Å²) in [5, 5.41) is 18.0. The van der Waals surface area contributed by atoms with Crippen molar-refractivity contribution >= 4 is 17.6 Å². The van der Waals surface area contributed by atoms with Gasteiger partial charge in [-0.1, -0.05) is 5.92 Å². The molecular formula is C17H10FN5O3. The number of aromatic nitrogens is 4. The predicted octanol–water partition coefficient (Wildman–Crippen LogP) is 1.94. The zero-order valence-corrected chi connectivity index (χ0v) is 13.0. The van der Waals surface area contributed by atoms with Crippen molar-refractivity contribution in [2.75, 3.05) is 5.32 Å². The first kappa shape index (κ1) is 16.8. The maximum atomic E-state index is 13.7. The second kappa shape index (κ2) is 6.82. The monoisotopic (exact) mass is 351 g/mol. The molecule has 0 saturated carbocycles. The van der Waals surface area contributed by atoms with Gasteiger partial charge in [0.2, 0.25) is 5.82 Å². The minimum atomic E-state index is -1.42. The lowest BCUT2D eigenvalue weighted by molar-refractivity contribution is 0.0697. The van der Waals surface area contributed by atoms with Gasteiger partial charge in [0, 0.05) is 29.7 Å². The number of nitrogens with zero attached hydrogens (tertiary/aromatic N) is 3. The highest BCUT2D eigenvalue weighted by atomic mass is 19.1. The van der Waals surface area contributed by atoms with Crippen molar-refractivity contribution in [2.45, 2.75) is 0 Å². The van der Waals surface area contributed by atoms with E-state index in [2.05, 4.69) is 31.4 Å². The van der Waals surface area contributed by atoms with Crippen LogP contribution in [0.1, 0.15) is 26.5 Å². The van der Waals surface area contributed by atoms with Crippen molar-refractivity contribution in [3.05, 3.63) is 59.7 Å². The third-order valence-corrected chi connectivity index (χ3v) is 3.43. The minimum Gasteiger partial charge on any atom is -0.478 e. The van der Waals surface area contributed by atoms with E-state index in [1.807, 2.05) is 0 Å². The zero-order valence-electron chi connectivity index (χ0n) is 13.0. The summed E-state index contributed by atoms with van der Waals surface area (Å²) in [7, 11) is 0. The smallest absolute Gasteiger partial charge is 0.337 e. The number of nitrogens with one attached hydrogen (secondary N) is 2. The molecule has 0 atom stereocenters. The van der Waals surface area contributed by atoms with Gasteiger partial charge in [0.05, 0.1) is 23.0 Å². The fraction of sp³-hybridized carbons (Fsp3) is 0. The van der Waals surface area contributed by atoms with E-state index in [1.165, 1.54) is 12.4 Å². The standard InChI is InChI=1S/C17H10FN5O3/c1-2-9-3-14(12(17(25)26)4-13(9)18)23-16(24)15-19-5-10(6-20-15)11-7-21-22-8-11/h1,3-8H,(H,21,22)(H,23,24)(H,25,26). The molecule has 0 bridgehead atoms. The van der Waals surface area contributed by atoms with Crippen LogP contribution in [0.25, 0.3) is 11.1 Å². The first-order valence-electron chi connectivity index (χ1n) is 7.15. The van der Waals surface area contributed by atoms with Crippen molar-refractivity contribution < 1.29 is 19.1 Å². The fourth-order valence-corrected chi connectivity index (χ4v) is 2.15. The van der Waals surface area contributed by atoms with Gasteiger partial charge in [0.25, 0.3) is 5.91 Å². The van der Waals surface area contributed by atoms with Gasteiger partial charge in [0.15, 0.2) is 0 Å². The fourth-order valence-electron chi connectivity index (χ4n) is 2.15. The number of carbonyl (C=O) groups is 2. The number of carboxylic acid groups (broad SMARTS) is 1. The predicted molar refractivity (Wildman–Crippen MR) is 88.9 cm³/mol. The Morgan fingerprint density at radius 1 is 1.19 bits per heavy atom. The number of benzene rings is 1. The highest BCUT2D eigenvalue weighted by Crippen LogP contribution is 2.21. The van der Waals surface area contributed by atoms with Crippen LogP contribution >= 0.6 is 0 Å². The van der Waals surface area contributed by atoms with Crippen molar-refractivity contribution in [3.63, 3.8) is 0 Å². The molecule has 0 radical (unpaired) electrons. The van der Waals surface area contributed by atoms with Crippen LogP contribution in [-0.4, -0.2) is 37.1 Å². The number of hydrogen-bond donors (Lipinski definition) is 3. The van der Waals surface area contributed by atoms with Gasteiger partial charge in [-0.15, -0.1) is 6.42 Å². The van der Waals surface area contributed by atoms with Gasteiger partial charge in [-0.2, -0.15) is 5.10 Å². The van der Waals surface area contributed by atoms with Crippen LogP contribution in [0, 0.1) is 18.2 Å². The maximum Gasteiger partial charge on any atom is 0.337 e. The van der Waals surface area contributed by atoms with Crippen LogP contribution in [0.4, 0.5) is 10.1 Å². The Morgan fingerprint density at radius 2 is 1.92 bits per heavy atom. The molecule has 8 nitrogen and oxygen atoms in total. The highest BCUT2D eigenvalue weighted by molar-refractivity contribution is 6.06. The average Bonchev–Trinajstić information content (AvgIpc) is 3.17. The van der Waals surface area contributed by atoms with E-state index in [9.17, 15) is 14.0 Å². The number of anilines is 1. The van der Waals surface area contributed by atoms with E-state index in [4.69, 9.17) is 11.5 Å². The summed E-state index contributed by atoms with van der Waals surface area (Å²) in [5.74, 6) is -1.17. The van der Waals surface area contributed by atoms with E-state index in [-0.39, 0.29) is 17.1 Å². The molecule has 0 aliphatic carbocycles. The Morgan fingerprint density at radius 3 is 2.50 bits per heavy atom. The zero-order chi connectivity index (χ0) is 18.7. The van der Waals surface area contributed by atoms with Crippen molar-refractivity contribution in [2.24, 2.45) is 0 Å². The summed E-state index contributed by atoms with van der Waals surface area (Å²) in [4.78, 5) is 31.4. The molecular weight excluding hydrogens is 341 g/mol. The van der Waals surface area contributed by atoms with Crippen LogP contribution in [0.5, 0.6) is 0 Å². The molecule has 128 valence electrons. The van der Waals surface area contributed by atoms with Crippen molar-refractivity contribution in [1.82, 2.24) is 20.2 Å². The average molecular weight is 351 g/mol. The topological polar surface area (TPSA) is 121 Å². The van der Waals surface area contributed by atoms with Gasteiger partial charge in [-0.25, -0.2) is 19.2 Å². The normalized spacial score (nSPS) is 10.2. The van der Waals surface area contributed by atoms with Gasteiger partial charge < -0.3 is 10.4 Å². The number of aromatic amines is 1. The second-order valence-electron chi connectivity index (χ2n) is 5.06. The molecule has 26 heavy (non-hydrogen) atoms. The Kier molecular flexibility index (Phi) is 4.40. The number of aromatic carboxylic acids is 1. The molecule has 3 rings (SSSR count). The number of rotatable bonds is 4. The molecule has 2 aromatic heterocycles. The number of hydrogen-bond acceptors (Lipinski definition) is 5. The molecule has 3 N–H and O–H groups in total. The number of amides is 1. The largest absolute Gasteiger partial charge is 0.478 e. The Bertz CT molecular complexity index is 1020. The quantitative estimate of drug-likeness (QED) is 0.618. The molecule has 0 aliphatic rings. The molecule has 9 heteroatoms. The number of carboxylic acids is 1. The molecule has 2 heterocycles. The number of H-pyrrole nitrogens is 1. The molecule has 0 spiro atoms. The van der Waals surface area contributed by atoms with Gasteiger partial charge in [0.1, 0.15) is 5.82 Å². The molecule has 3 aromatic rings. The Balaban J connectivity index is 1.88. The summed E-state index contributed by atoms with van der Waals surface area (Å²) in [5.41, 5.74) is 0.603. The van der Waals surface area contributed by atoms with Crippen LogP contribution < -0.4 is 5.32 Å². The molecule has 1 amide bonds. The van der Waals surface area contributed by atoms with E-state index in [0.717, 1.165) is 17.7 Å². The first-order chi connectivity index (χ1) is 12.5. The molecule has 0 fully saturated rings. The molecule has 1 aromatic carbocycles. The lowest BCUT2D eigenvalue weighted by atomic mass is 10.1. The van der Waals surface area contributed by atoms with Gasteiger partial charge in [-0.3, -0.25) is 9.89 Å². The summed E-state index contributed by atoms with van der Waals surface area (Å²) in [6.45, 7) is 0. The van der Waals surface area contributed by atoms with E-state index in [1.54, 1.807) is 12.4 Å². The third-order valence-electron chi connectivity index (χ3n) is 3.43. The van der Waals surface area contributed by atoms with Crippen molar-refractivity contribution in [3.8, 4) is 23.5 Å². The molecule has 0 saturated heterocycles.